The standard InChI is InChI=1S/C13H17BrO2/c1-13(7-9(13)8-14)11-5-4-10(15-2)6-12(11)16-3/h4-6,9H,7-8H2,1-3H3. The van der Waals surface area contributed by atoms with Gasteiger partial charge in [0.05, 0.1) is 14.2 Å². The van der Waals surface area contributed by atoms with Crippen LogP contribution in [-0.2, 0) is 5.41 Å². The summed E-state index contributed by atoms with van der Waals surface area (Å²) in [4.78, 5) is 0. The normalized spacial score (nSPS) is 27.6. The Morgan fingerprint density at radius 1 is 1.38 bits per heavy atom. The predicted octanol–water partition coefficient (Wildman–Crippen LogP) is 3.38. The van der Waals surface area contributed by atoms with Gasteiger partial charge in [0.25, 0.3) is 0 Å². The summed E-state index contributed by atoms with van der Waals surface area (Å²) in [7, 11) is 3.39. The minimum atomic E-state index is 0.265. The molecule has 1 saturated carbocycles. The Hall–Kier alpha value is -0.700. The fourth-order valence-corrected chi connectivity index (χ4v) is 3.22. The van der Waals surface area contributed by atoms with E-state index in [1.54, 1.807) is 14.2 Å². The van der Waals surface area contributed by atoms with E-state index in [-0.39, 0.29) is 5.41 Å². The molecule has 2 nitrogen and oxygen atoms in total. The molecule has 1 aliphatic rings. The van der Waals surface area contributed by atoms with Crippen LogP contribution in [0.25, 0.3) is 0 Å². The van der Waals surface area contributed by atoms with Gasteiger partial charge in [-0.25, -0.2) is 0 Å². The lowest BCUT2D eigenvalue weighted by Crippen LogP contribution is -2.07. The highest BCUT2D eigenvalue weighted by molar-refractivity contribution is 9.09. The SMILES string of the molecule is COc1ccc(C2(C)CC2CBr)c(OC)c1. The zero-order chi connectivity index (χ0) is 11.8. The molecule has 0 bridgehead atoms. The molecule has 0 spiro atoms. The minimum absolute atomic E-state index is 0.265. The van der Waals surface area contributed by atoms with E-state index < -0.39 is 0 Å². The largest absolute Gasteiger partial charge is 0.497 e. The van der Waals surface area contributed by atoms with Gasteiger partial charge in [-0.3, -0.25) is 0 Å². The molecule has 1 aliphatic carbocycles. The second-order valence-corrected chi connectivity index (χ2v) is 5.19. The second-order valence-electron chi connectivity index (χ2n) is 4.54. The summed E-state index contributed by atoms with van der Waals surface area (Å²) in [6.07, 6.45) is 1.22. The first-order valence-electron chi connectivity index (χ1n) is 5.44. The van der Waals surface area contributed by atoms with Crippen molar-refractivity contribution in [2.75, 3.05) is 19.5 Å². The maximum absolute atomic E-state index is 5.45. The van der Waals surface area contributed by atoms with Crippen LogP contribution in [0.3, 0.4) is 0 Å². The van der Waals surface area contributed by atoms with E-state index in [0.29, 0.717) is 0 Å². The van der Waals surface area contributed by atoms with Crippen LogP contribution in [0.15, 0.2) is 18.2 Å². The van der Waals surface area contributed by atoms with Crippen LogP contribution in [0, 0.1) is 5.92 Å². The Balaban J connectivity index is 2.35. The summed E-state index contributed by atoms with van der Waals surface area (Å²) in [5.41, 5.74) is 1.56. The van der Waals surface area contributed by atoms with E-state index in [2.05, 4.69) is 28.9 Å². The Labute approximate surface area is 105 Å². The quantitative estimate of drug-likeness (QED) is 0.790. The minimum Gasteiger partial charge on any atom is -0.497 e. The van der Waals surface area contributed by atoms with E-state index in [9.17, 15) is 0 Å². The first-order chi connectivity index (χ1) is 7.65. The molecule has 3 heteroatoms. The lowest BCUT2D eigenvalue weighted by molar-refractivity contribution is 0.387. The van der Waals surface area contributed by atoms with Crippen LogP contribution in [0.2, 0.25) is 0 Å². The van der Waals surface area contributed by atoms with E-state index in [1.165, 1.54) is 12.0 Å². The van der Waals surface area contributed by atoms with Gasteiger partial charge in [-0.2, -0.15) is 0 Å². The van der Waals surface area contributed by atoms with Crippen LogP contribution in [0.1, 0.15) is 18.9 Å². The first kappa shape index (κ1) is 11.8. The highest BCUT2D eigenvalue weighted by Gasteiger charge is 2.51. The van der Waals surface area contributed by atoms with Gasteiger partial charge in [0.2, 0.25) is 0 Å². The van der Waals surface area contributed by atoms with Crippen LogP contribution >= 0.6 is 15.9 Å². The fourth-order valence-electron chi connectivity index (χ4n) is 2.28. The number of hydrogen-bond donors (Lipinski definition) is 0. The highest BCUT2D eigenvalue weighted by Crippen LogP contribution is 2.57. The third-order valence-corrected chi connectivity index (χ3v) is 4.40. The van der Waals surface area contributed by atoms with Crippen molar-refractivity contribution in [1.82, 2.24) is 0 Å². The lowest BCUT2D eigenvalue weighted by Gasteiger charge is -2.16. The summed E-state index contributed by atoms with van der Waals surface area (Å²) < 4.78 is 10.7. The van der Waals surface area contributed by atoms with Gasteiger partial charge in [-0.15, -0.1) is 0 Å². The molecular formula is C13H17BrO2. The molecule has 2 atom stereocenters. The van der Waals surface area contributed by atoms with Gasteiger partial charge < -0.3 is 9.47 Å². The number of rotatable bonds is 4. The van der Waals surface area contributed by atoms with E-state index in [1.807, 2.05) is 12.1 Å². The van der Waals surface area contributed by atoms with Gasteiger partial charge in [-0.05, 0) is 18.4 Å². The Bertz CT molecular complexity index is 392. The molecule has 0 amide bonds. The van der Waals surface area contributed by atoms with Crippen molar-refractivity contribution < 1.29 is 9.47 Å². The Morgan fingerprint density at radius 3 is 2.62 bits per heavy atom. The molecule has 0 aromatic heterocycles. The summed E-state index contributed by atoms with van der Waals surface area (Å²) in [6.45, 7) is 2.29. The Kier molecular flexibility index (Phi) is 3.15. The van der Waals surface area contributed by atoms with Crippen LogP contribution in [-0.4, -0.2) is 19.5 Å². The molecule has 1 aromatic carbocycles. The molecule has 2 unspecified atom stereocenters. The van der Waals surface area contributed by atoms with Gasteiger partial charge in [0.1, 0.15) is 11.5 Å². The average molecular weight is 285 g/mol. The number of hydrogen-bond acceptors (Lipinski definition) is 2. The molecular weight excluding hydrogens is 268 g/mol. The molecule has 0 saturated heterocycles. The topological polar surface area (TPSA) is 18.5 Å². The number of alkyl halides is 1. The van der Waals surface area contributed by atoms with Crippen LogP contribution < -0.4 is 9.47 Å². The maximum Gasteiger partial charge on any atom is 0.126 e. The smallest absolute Gasteiger partial charge is 0.126 e. The number of benzene rings is 1. The monoisotopic (exact) mass is 284 g/mol. The third-order valence-electron chi connectivity index (χ3n) is 3.62. The van der Waals surface area contributed by atoms with Crippen LogP contribution in [0.4, 0.5) is 0 Å². The lowest BCUT2D eigenvalue weighted by atomic mass is 9.95. The molecule has 0 N–H and O–H groups in total. The van der Waals surface area contributed by atoms with Crippen molar-refractivity contribution in [2.45, 2.75) is 18.8 Å². The van der Waals surface area contributed by atoms with Crippen molar-refractivity contribution in [2.24, 2.45) is 5.92 Å². The van der Waals surface area contributed by atoms with Crippen molar-refractivity contribution >= 4 is 15.9 Å². The average Bonchev–Trinajstić information content (AvgIpc) is 3.00. The molecule has 16 heavy (non-hydrogen) atoms. The molecule has 88 valence electrons. The molecule has 1 fully saturated rings. The zero-order valence-electron chi connectivity index (χ0n) is 9.92. The summed E-state index contributed by atoms with van der Waals surface area (Å²) >= 11 is 3.56. The second kappa shape index (κ2) is 4.28. The summed E-state index contributed by atoms with van der Waals surface area (Å²) in [5, 5.41) is 1.05. The molecule has 0 aliphatic heterocycles. The number of methoxy groups -OCH3 is 2. The van der Waals surface area contributed by atoms with Crippen molar-refractivity contribution in [3.63, 3.8) is 0 Å². The van der Waals surface area contributed by atoms with E-state index in [4.69, 9.17) is 9.47 Å². The molecule has 0 heterocycles. The maximum atomic E-state index is 5.45. The number of ether oxygens (including phenoxy) is 2. The van der Waals surface area contributed by atoms with Gasteiger partial charge in [0.15, 0.2) is 0 Å². The van der Waals surface area contributed by atoms with Crippen LogP contribution in [0.5, 0.6) is 11.5 Å². The Morgan fingerprint density at radius 2 is 2.12 bits per heavy atom. The van der Waals surface area contributed by atoms with Gasteiger partial charge in [0, 0.05) is 22.4 Å². The third kappa shape index (κ3) is 1.81. The first-order valence-corrected chi connectivity index (χ1v) is 6.56. The summed E-state index contributed by atoms with van der Waals surface area (Å²) in [5.74, 6) is 2.50. The van der Waals surface area contributed by atoms with Gasteiger partial charge in [-0.1, -0.05) is 28.9 Å². The van der Waals surface area contributed by atoms with Crippen molar-refractivity contribution in [1.29, 1.82) is 0 Å². The number of halogens is 1. The molecule has 0 radical (unpaired) electrons. The van der Waals surface area contributed by atoms with Crippen molar-refractivity contribution in [3.8, 4) is 11.5 Å². The van der Waals surface area contributed by atoms with Crippen molar-refractivity contribution in [3.05, 3.63) is 23.8 Å². The predicted molar refractivity (Wildman–Crippen MR) is 68.8 cm³/mol. The molecule has 1 aromatic rings. The fraction of sp³-hybridized carbons (Fsp3) is 0.538. The zero-order valence-corrected chi connectivity index (χ0v) is 11.5. The molecule has 2 rings (SSSR count). The highest BCUT2D eigenvalue weighted by atomic mass is 79.9. The van der Waals surface area contributed by atoms with E-state index >= 15 is 0 Å². The summed E-state index contributed by atoms with van der Waals surface area (Å²) in [6, 6.07) is 6.09. The van der Waals surface area contributed by atoms with E-state index in [0.717, 1.165) is 22.7 Å². The van der Waals surface area contributed by atoms with Gasteiger partial charge >= 0.3 is 0 Å².